The van der Waals surface area contributed by atoms with Crippen LogP contribution in [0.1, 0.15) is 52.0 Å². The fourth-order valence-electron chi connectivity index (χ4n) is 4.95. The maximum Gasteiger partial charge on any atom is 0.236 e. The van der Waals surface area contributed by atoms with E-state index in [2.05, 4.69) is 21.2 Å². The van der Waals surface area contributed by atoms with Crippen LogP contribution in [0.25, 0.3) is 0 Å². The van der Waals surface area contributed by atoms with E-state index in [1.807, 2.05) is 37.8 Å². The lowest BCUT2D eigenvalue weighted by molar-refractivity contribution is -0.135. The van der Waals surface area contributed by atoms with Crippen molar-refractivity contribution in [2.75, 3.05) is 46.1 Å². The van der Waals surface area contributed by atoms with E-state index in [9.17, 15) is 9.59 Å². The van der Waals surface area contributed by atoms with E-state index >= 15 is 0 Å². The van der Waals surface area contributed by atoms with Gasteiger partial charge in [-0.1, -0.05) is 18.9 Å². The molecule has 1 aliphatic carbocycles. The van der Waals surface area contributed by atoms with Gasteiger partial charge in [-0.2, -0.15) is 0 Å². The predicted molar refractivity (Wildman–Crippen MR) is 126 cm³/mol. The number of nitrogens with zero attached hydrogens (tertiary/aromatic N) is 3. The molecule has 3 aliphatic rings. The van der Waals surface area contributed by atoms with Crippen molar-refractivity contribution in [3.63, 3.8) is 0 Å². The maximum absolute atomic E-state index is 13.2. The van der Waals surface area contributed by atoms with Crippen LogP contribution in [0, 0.1) is 0 Å². The van der Waals surface area contributed by atoms with Gasteiger partial charge in [-0.3, -0.25) is 19.4 Å². The second-order valence-corrected chi connectivity index (χ2v) is 10.5. The fourth-order valence-corrected chi connectivity index (χ4v) is 4.95. The molecule has 33 heavy (non-hydrogen) atoms. The minimum atomic E-state index is -0.226. The summed E-state index contributed by atoms with van der Waals surface area (Å²) < 4.78 is 11.0. The third kappa shape index (κ3) is 6.60. The standard InChI is InChI=1S/C25H38N4O4/c1-25(2,3)26-23(30)16-27-10-12-28(13-11-27)24(31)17-29(20-6-4-5-7-20)15-19-8-9-21-22(14-19)33-18-32-21/h8-9,14,20H,4-7,10-13,15-18H2,1-3H3,(H,26,30). The molecule has 2 amide bonds. The van der Waals surface area contributed by atoms with Crippen molar-refractivity contribution < 1.29 is 19.1 Å². The summed E-state index contributed by atoms with van der Waals surface area (Å²) >= 11 is 0. The first kappa shape index (κ1) is 23.8. The van der Waals surface area contributed by atoms with Crippen molar-refractivity contribution >= 4 is 11.8 Å². The molecule has 0 unspecified atom stereocenters. The molecule has 8 nitrogen and oxygen atoms in total. The van der Waals surface area contributed by atoms with Crippen LogP contribution < -0.4 is 14.8 Å². The van der Waals surface area contributed by atoms with Crippen LogP contribution in [0.15, 0.2) is 18.2 Å². The molecule has 0 spiro atoms. The minimum absolute atomic E-state index is 0.0402. The average Bonchev–Trinajstić information content (AvgIpc) is 3.44. The number of hydrogen-bond donors (Lipinski definition) is 1. The molecule has 1 N–H and O–H groups in total. The first-order valence-electron chi connectivity index (χ1n) is 12.2. The van der Waals surface area contributed by atoms with E-state index in [0.717, 1.165) is 49.5 Å². The molecular formula is C25H38N4O4. The highest BCUT2D eigenvalue weighted by Crippen LogP contribution is 2.33. The summed E-state index contributed by atoms with van der Waals surface area (Å²) in [5.74, 6) is 1.80. The number of amides is 2. The third-order valence-electron chi connectivity index (χ3n) is 6.61. The van der Waals surface area contributed by atoms with Crippen LogP contribution in [-0.4, -0.2) is 84.2 Å². The van der Waals surface area contributed by atoms with Crippen LogP contribution in [0.5, 0.6) is 11.5 Å². The van der Waals surface area contributed by atoms with Crippen LogP contribution in [0.3, 0.4) is 0 Å². The molecule has 4 rings (SSSR count). The normalized spacial score (nSPS) is 19.3. The van der Waals surface area contributed by atoms with Gasteiger partial charge >= 0.3 is 0 Å². The first-order valence-corrected chi connectivity index (χ1v) is 12.2. The number of rotatable bonds is 7. The smallest absolute Gasteiger partial charge is 0.236 e. The molecular weight excluding hydrogens is 420 g/mol. The molecule has 2 aliphatic heterocycles. The molecule has 1 saturated heterocycles. The number of carbonyl (C=O) groups is 2. The SMILES string of the molecule is CC(C)(C)NC(=O)CN1CCN(C(=O)CN(Cc2ccc3c(c2)OCO3)C2CCCC2)CC1. The van der Waals surface area contributed by atoms with Gasteiger partial charge in [-0.15, -0.1) is 0 Å². The summed E-state index contributed by atoms with van der Waals surface area (Å²) in [4.78, 5) is 31.9. The van der Waals surface area contributed by atoms with Gasteiger partial charge < -0.3 is 19.7 Å². The number of carbonyl (C=O) groups excluding carboxylic acids is 2. The summed E-state index contributed by atoms with van der Waals surface area (Å²) in [6, 6.07) is 6.51. The zero-order valence-electron chi connectivity index (χ0n) is 20.3. The predicted octanol–water partition coefficient (Wildman–Crippen LogP) is 2.22. The summed E-state index contributed by atoms with van der Waals surface area (Å²) in [6.45, 7) is 10.6. The Kier molecular flexibility index (Phi) is 7.44. The summed E-state index contributed by atoms with van der Waals surface area (Å²) in [5, 5.41) is 3.01. The topological polar surface area (TPSA) is 74.4 Å². The zero-order chi connectivity index (χ0) is 23.4. The maximum atomic E-state index is 13.2. The highest BCUT2D eigenvalue weighted by molar-refractivity contribution is 5.79. The Balaban J connectivity index is 1.30. The van der Waals surface area contributed by atoms with Crippen molar-refractivity contribution in [1.82, 2.24) is 20.0 Å². The van der Waals surface area contributed by atoms with E-state index in [1.165, 1.54) is 12.8 Å². The van der Waals surface area contributed by atoms with Gasteiger partial charge in [0, 0.05) is 44.3 Å². The number of benzene rings is 1. The largest absolute Gasteiger partial charge is 0.454 e. The molecule has 0 atom stereocenters. The van der Waals surface area contributed by atoms with Crippen LogP contribution in [-0.2, 0) is 16.1 Å². The van der Waals surface area contributed by atoms with Gasteiger partial charge in [0.25, 0.3) is 0 Å². The average molecular weight is 459 g/mol. The van der Waals surface area contributed by atoms with Crippen molar-refractivity contribution in [2.45, 2.75) is 64.6 Å². The number of nitrogens with one attached hydrogen (secondary N) is 1. The molecule has 0 aromatic heterocycles. The van der Waals surface area contributed by atoms with Crippen LogP contribution in [0.4, 0.5) is 0 Å². The Hall–Kier alpha value is -2.32. The van der Waals surface area contributed by atoms with Crippen molar-refractivity contribution in [1.29, 1.82) is 0 Å². The van der Waals surface area contributed by atoms with Gasteiger partial charge in [0.15, 0.2) is 11.5 Å². The van der Waals surface area contributed by atoms with Gasteiger partial charge in [0.1, 0.15) is 0 Å². The Bertz CT molecular complexity index is 839. The quantitative estimate of drug-likeness (QED) is 0.676. The monoisotopic (exact) mass is 458 g/mol. The van der Waals surface area contributed by atoms with Gasteiger partial charge in [0.05, 0.1) is 13.1 Å². The van der Waals surface area contributed by atoms with Crippen molar-refractivity contribution in [2.24, 2.45) is 0 Å². The summed E-state index contributed by atoms with van der Waals surface area (Å²) in [5.41, 5.74) is 0.921. The van der Waals surface area contributed by atoms with Gasteiger partial charge in [-0.05, 0) is 51.3 Å². The molecule has 1 aromatic rings. The number of piperazine rings is 1. The Labute approximate surface area is 197 Å². The number of hydrogen-bond acceptors (Lipinski definition) is 6. The second-order valence-electron chi connectivity index (χ2n) is 10.5. The molecule has 0 radical (unpaired) electrons. The summed E-state index contributed by atoms with van der Waals surface area (Å²) in [6.07, 6.45) is 4.75. The van der Waals surface area contributed by atoms with Crippen molar-refractivity contribution in [3.05, 3.63) is 23.8 Å². The minimum Gasteiger partial charge on any atom is -0.454 e. The van der Waals surface area contributed by atoms with E-state index in [-0.39, 0.29) is 24.1 Å². The molecule has 1 aromatic carbocycles. The Morgan fingerprint density at radius 3 is 2.45 bits per heavy atom. The fraction of sp³-hybridized carbons (Fsp3) is 0.680. The molecule has 1 saturated carbocycles. The van der Waals surface area contributed by atoms with Gasteiger partial charge in [0.2, 0.25) is 18.6 Å². The number of ether oxygens (including phenoxy) is 2. The lowest BCUT2D eigenvalue weighted by Gasteiger charge is -2.37. The van der Waals surface area contributed by atoms with E-state index in [1.54, 1.807) is 0 Å². The molecule has 2 heterocycles. The highest BCUT2D eigenvalue weighted by atomic mass is 16.7. The Morgan fingerprint density at radius 2 is 1.76 bits per heavy atom. The second kappa shape index (κ2) is 10.3. The highest BCUT2D eigenvalue weighted by Gasteiger charge is 2.29. The van der Waals surface area contributed by atoms with Gasteiger partial charge in [-0.25, -0.2) is 0 Å². The molecule has 0 bridgehead atoms. The Morgan fingerprint density at radius 1 is 1.06 bits per heavy atom. The molecule has 2 fully saturated rings. The van der Waals surface area contributed by atoms with E-state index in [0.29, 0.717) is 32.2 Å². The van der Waals surface area contributed by atoms with Crippen molar-refractivity contribution in [3.8, 4) is 11.5 Å². The zero-order valence-corrected chi connectivity index (χ0v) is 20.3. The van der Waals surface area contributed by atoms with Crippen LogP contribution in [0.2, 0.25) is 0 Å². The number of fused-ring (bicyclic) bond motifs is 1. The van der Waals surface area contributed by atoms with Crippen LogP contribution >= 0.6 is 0 Å². The van der Waals surface area contributed by atoms with E-state index in [4.69, 9.17) is 9.47 Å². The first-order chi connectivity index (χ1) is 15.8. The van der Waals surface area contributed by atoms with E-state index < -0.39 is 0 Å². The third-order valence-corrected chi connectivity index (χ3v) is 6.61. The lowest BCUT2D eigenvalue weighted by Crippen LogP contribution is -2.54. The lowest BCUT2D eigenvalue weighted by atomic mass is 10.1. The molecule has 8 heteroatoms. The summed E-state index contributed by atoms with van der Waals surface area (Å²) in [7, 11) is 0. The molecule has 182 valence electrons.